The number of nitrogens with one attached hydrogen (secondary N) is 1. The van der Waals surface area contributed by atoms with Gasteiger partial charge in [0.25, 0.3) is 5.91 Å². The van der Waals surface area contributed by atoms with Crippen LogP contribution in [-0.4, -0.2) is 58.8 Å². The van der Waals surface area contributed by atoms with Gasteiger partial charge in [-0.15, -0.1) is 4.72 Å². The van der Waals surface area contributed by atoms with Crippen LogP contribution < -0.4 is 9.46 Å². The molecule has 9 heteroatoms. The molecule has 32 heavy (non-hydrogen) atoms. The normalized spacial score (nSPS) is 23.8. The lowest BCUT2D eigenvalue weighted by atomic mass is 9.85. The number of likely N-dealkylation sites (tertiary alicyclic amines) is 1. The zero-order valence-corrected chi connectivity index (χ0v) is 21.3. The van der Waals surface area contributed by atoms with Gasteiger partial charge >= 0.3 is 0 Å². The number of benzene rings is 1. The first-order valence-corrected chi connectivity index (χ1v) is 12.6. The summed E-state index contributed by atoms with van der Waals surface area (Å²) in [5.74, 6) is 0.107. The van der Waals surface area contributed by atoms with Crippen molar-refractivity contribution < 1.29 is 23.6 Å². The summed E-state index contributed by atoms with van der Waals surface area (Å²) in [6.07, 6.45) is 0.964. The molecule has 0 aromatic heterocycles. The number of carbonyl (C=O) groups is 1. The van der Waals surface area contributed by atoms with E-state index in [-0.39, 0.29) is 24.5 Å². The van der Waals surface area contributed by atoms with Crippen molar-refractivity contribution in [2.45, 2.75) is 70.1 Å². The Hall–Kier alpha value is -1.03. The average molecular weight is 487 g/mol. The van der Waals surface area contributed by atoms with Crippen molar-refractivity contribution in [3.05, 3.63) is 28.8 Å². The van der Waals surface area contributed by atoms with Gasteiger partial charge < -0.3 is 23.7 Å². The molecule has 180 valence electrons. The van der Waals surface area contributed by atoms with Crippen molar-refractivity contribution in [3.8, 4) is 5.75 Å². The predicted octanol–water partition coefficient (Wildman–Crippen LogP) is 3.83. The van der Waals surface area contributed by atoms with Gasteiger partial charge in [0.05, 0.1) is 19.8 Å². The van der Waals surface area contributed by atoms with Gasteiger partial charge in [0, 0.05) is 35.0 Å². The van der Waals surface area contributed by atoms with Gasteiger partial charge in [-0.1, -0.05) is 11.6 Å². The first-order valence-electron chi connectivity index (χ1n) is 11.0. The molecule has 3 rings (SSSR count). The standard InChI is InChI=1S/C23H35ClN2O5S/c1-22(2,3)32(28)25-20(17-13-16(24)7-8-18(17)29-6)15-9-11-26(12-10-15)21(27)19-14-30-23(4,5)31-19/h7-8,13,15,19-20,25H,9-12,14H2,1-6H3/t19-,20?,32?/m1/s1. The number of carbonyl (C=O) groups excluding carboxylic acids is 1. The van der Waals surface area contributed by atoms with Crippen molar-refractivity contribution >= 4 is 28.9 Å². The number of methoxy groups -OCH3 is 1. The average Bonchev–Trinajstić information content (AvgIpc) is 3.10. The second-order valence-corrected chi connectivity index (χ2v) is 12.3. The zero-order valence-electron chi connectivity index (χ0n) is 19.8. The number of hydrogen-bond donors (Lipinski definition) is 1. The predicted molar refractivity (Wildman–Crippen MR) is 126 cm³/mol. The van der Waals surface area contributed by atoms with Crippen LogP contribution in [0.15, 0.2) is 18.2 Å². The van der Waals surface area contributed by atoms with Gasteiger partial charge in [-0.05, 0) is 71.6 Å². The summed E-state index contributed by atoms with van der Waals surface area (Å²) in [4.78, 5) is 14.8. The third kappa shape index (κ3) is 6.10. The van der Waals surface area contributed by atoms with Gasteiger partial charge in [0.2, 0.25) is 0 Å². The topological polar surface area (TPSA) is 83.1 Å². The minimum Gasteiger partial charge on any atom is -0.598 e. The van der Waals surface area contributed by atoms with Gasteiger partial charge in [-0.2, -0.15) is 0 Å². The van der Waals surface area contributed by atoms with Crippen LogP contribution in [-0.2, 0) is 25.6 Å². The van der Waals surface area contributed by atoms with Crippen LogP contribution >= 0.6 is 11.6 Å². The number of amides is 1. The quantitative estimate of drug-likeness (QED) is 0.615. The maximum Gasteiger partial charge on any atom is 0.254 e. The fourth-order valence-corrected chi connectivity index (χ4v) is 5.20. The molecule has 1 N–H and O–H groups in total. The lowest BCUT2D eigenvalue weighted by Gasteiger charge is -2.38. The van der Waals surface area contributed by atoms with E-state index in [9.17, 15) is 9.35 Å². The van der Waals surface area contributed by atoms with E-state index in [0.29, 0.717) is 23.9 Å². The van der Waals surface area contributed by atoms with Crippen LogP contribution in [0.25, 0.3) is 0 Å². The molecule has 0 bridgehead atoms. The summed E-state index contributed by atoms with van der Waals surface area (Å²) in [6.45, 7) is 10.9. The van der Waals surface area contributed by atoms with E-state index in [1.807, 2.05) is 51.7 Å². The highest BCUT2D eigenvalue weighted by Gasteiger charge is 2.41. The van der Waals surface area contributed by atoms with Gasteiger partial charge in [0.15, 0.2) is 11.9 Å². The van der Waals surface area contributed by atoms with Crippen LogP contribution in [0.3, 0.4) is 0 Å². The highest BCUT2D eigenvalue weighted by Crippen LogP contribution is 2.38. The second-order valence-electron chi connectivity index (χ2n) is 9.84. The Morgan fingerprint density at radius 3 is 2.53 bits per heavy atom. The van der Waals surface area contributed by atoms with E-state index < -0.39 is 28.0 Å². The molecule has 1 aromatic carbocycles. The van der Waals surface area contributed by atoms with Gasteiger partial charge in [0.1, 0.15) is 10.5 Å². The summed E-state index contributed by atoms with van der Waals surface area (Å²) in [5.41, 5.74) is 0.886. The van der Waals surface area contributed by atoms with Crippen molar-refractivity contribution in [2.24, 2.45) is 5.92 Å². The number of piperidine rings is 1. The first kappa shape index (κ1) is 25.6. The fraction of sp³-hybridized carbons (Fsp3) is 0.696. The molecule has 2 fully saturated rings. The number of nitrogens with zero attached hydrogens (tertiary/aromatic N) is 1. The Kier molecular flexibility index (Phi) is 8.06. The van der Waals surface area contributed by atoms with E-state index >= 15 is 0 Å². The highest BCUT2D eigenvalue weighted by molar-refractivity contribution is 7.90. The van der Waals surface area contributed by atoms with Crippen molar-refractivity contribution in [1.29, 1.82) is 0 Å². The lowest BCUT2D eigenvalue weighted by molar-refractivity contribution is -0.161. The van der Waals surface area contributed by atoms with Crippen molar-refractivity contribution in [3.63, 3.8) is 0 Å². The Labute approximate surface area is 199 Å². The maximum absolute atomic E-state index is 13.0. The molecule has 0 radical (unpaired) electrons. The van der Waals surface area contributed by atoms with E-state index in [1.165, 1.54) is 0 Å². The molecule has 2 heterocycles. The summed E-state index contributed by atoms with van der Waals surface area (Å²) in [7, 11) is 1.62. The molecule has 1 amide bonds. The third-order valence-corrected chi connectivity index (χ3v) is 7.74. The molecule has 0 saturated carbocycles. The van der Waals surface area contributed by atoms with E-state index in [0.717, 1.165) is 18.4 Å². The molecule has 0 spiro atoms. The fourth-order valence-electron chi connectivity index (χ4n) is 4.12. The van der Waals surface area contributed by atoms with Crippen LogP contribution in [0.5, 0.6) is 5.75 Å². The summed E-state index contributed by atoms with van der Waals surface area (Å²) in [5, 5.41) is 0.600. The number of ether oxygens (including phenoxy) is 3. The lowest BCUT2D eigenvalue weighted by Crippen LogP contribution is -2.48. The molecule has 2 unspecified atom stereocenters. The molecule has 1 aromatic rings. The van der Waals surface area contributed by atoms with E-state index in [4.69, 9.17) is 25.8 Å². The minimum atomic E-state index is -1.28. The van der Waals surface area contributed by atoms with Gasteiger partial charge in [-0.3, -0.25) is 4.79 Å². The largest absolute Gasteiger partial charge is 0.598 e. The summed E-state index contributed by atoms with van der Waals surface area (Å²) in [6, 6.07) is 5.28. The molecule has 2 saturated heterocycles. The van der Waals surface area contributed by atoms with Gasteiger partial charge in [-0.25, -0.2) is 0 Å². The molecular weight excluding hydrogens is 452 g/mol. The molecule has 3 atom stereocenters. The van der Waals surface area contributed by atoms with Crippen LogP contribution in [0.1, 0.15) is 59.1 Å². The molecule has 0 aliphatic carbocycles. The number of rotatable bonds is 6. The Morgan fingerprint density at radius 1 is 1.34 bits per heavy atom. The molecular formula is C23H35ClN2O5S. The van der Waals surface area contributed by atoms with Crippen LogP contribution in [0.2, 0.25) is 5.02 Å². The van der Waals surface area contributed by atoms with Crippen molar-refractivity contribution in [1.82, 2.24) is 9.62 Å². The van der Waals surface area contributed by atoms with Crippen LogP contribution in [0.4, 0.5) is 0 Å². The van der Waals surface area contributed by atoms with Crippen molar-refractivity contribution in [2.75, 3.05) is 26.8 Å². The summed E-state index contributed by atoms with van der Waals surface area (Å²) >= 11 is 5.03. The smallest absolute Gasteiger partial charge is 0.254 e. The minimum absolute atomic E-state index is 0.0304. The molecule has 2 aliphatic rings. The van der Waals surface area contributed by atoms with E-state index in [1.54, 1.807) is 13.2 Å². The Morgan fingerprint density at radius 2 is 2.00 bits per heavy atom. The Balaban J connectivity index is 1.75. The Bertz CT molecular complexity index is 808. The monoisotopic (exact) mass is 486 g/mol. The molecule has 7 nitrogen and oxygen atoms in total. The zero-order chi connectivity index (χ0) is 23.7. The number of halogens is 1. The molecule has 2 aliphatic heterocycles. The highest BCUT2D eigenvalue weighted by atomic mass is 35.5. The third-order valence-electron chi connectivity index (χ3n) is 5.92. The summed E-state index contributed by atoms with van der Waals surface area (Å²) < 4.78 is 32.8. The van der Waals surface area contributed by atoms with Crippen LogP contribution in [0, 0.1) is 5.92 Å². The number of hydrogen-bond acceptors (Lipinski definition) is 6. The maximum atomic E-state index is 13.0. The van der Waals surface area contributed by atoms with E-state index in [2.05, 4.69) is 4.72 Å². The second kappa shape index (κ2) is 10.1. The SMILES string of the molecule is COc1ccc(Cl)cc1C(N[S+]([O-])C(C)(C)C)C1CCN(C(=O)[C@H]2COC(C)(C)O2)CC1. The first-order chi connectivity index (χ1) is 14.9.